The number of hydrogen-bond acceptors (Lipinski definition) is 4. The third kappa shape index (κ3) is 1.94. The van der Waals surface area contributed by atoms with Gasteiger partial charge in [-0.05, 0) is 18.6 Å². The molecule has 5 heteroatoms. The number of para-hydroxylation sites is 2. The monoisotopic (exact) mass is 248 g/mol. The Kier molecular flexibility index (Phi) is 2.61. The van der Waals surface area contributed by atoms with E-state index < -0.39 is 0 Å². The third-order valence-corrected chi connectivity index (χ3v) is 3.29. The van der Waals surface area contributed by atoms with Crippen molar-refractivity contribution in [3.05, 3.63) is 29.4 Å². The SMILES string of the molecule is NC1CCN(c2nc3ccccc3nc2Cl)C1. The van der Waals surface area contributed by atoms with E-state index in [1.807, 2.05) is 24.3 Å². The summed E-state index contributed by atoms with van der Waals surface area (Å²) >= 11 is 6.17. The molecule has 2 N–H and O–H groups in total. The minimum Gasteiger partial charge on any atom is -0.352 e. The van der Waals surface area contributed by atoms with Crippen LogP contribution in [0.3, 0.4) is 0 Å². The molecule has 2 heterocycles. The maximum Gasteiger partial charge on any atom is 0.172 e. The fourth-order valence-electron chi connectivity index (χ4n) is 2.15. The lowest BCUT2D eigenvalue weighted by molar-refractivity contribution is 0.751. The normalized spacial score (nSPS) is 20.1. The van der Waals surface area contributed by atoms with Crippen molar-refractivity contribution in [1.82, 2.24) is 9.97 Å². The fourth-order valence-corrected chi connectivity index (χ4v) is 2.40. The molecule has 2 aromatic rings. The maximum atomic E-state index is 6.17. The minimum absolute atomic E-state index is 0.208. The van der Waals surface area contributed by atoms with Crippen molar-refractivity contribution in [3.8, 4) is 0 Å². The van der Waals surface area contributed by atoms with E-state index in [2.05, 4.69) is 14.9 Å². The maximum absolute atomic E-state index is 6.17. The van der Waals surface area contributed by atoms with Gasteiger partial charge in [0.25, 0.3) is 0 Å². The summed E-state index contributed by atoms with van der Waals surface area (Å²) < 4.78 is 0. The largest absolute Gasteiger partial charge is 0.352 e. The first-order valence-corrected chi connectivity index (χ1v) is 6.04. The first-order chi connectivity index (χ1) is 8.24. The van der Waals surface area contributed by atoms with Gasteiger partial charge < -0.3 is 10.6 Å². The van der Waals surface area contributed by atoms with E-state index in [4.69, 9.17) is 17.3 Å². The average molecular weight is 249 g/mol. The summed E-state index contributed by atoms with van der Waals surface area (Å²) in [6.07, 6.45) is 0.977. The second-order valence-electron chi connectivity index (χ2n) is 4.32. The van der Waals surface area contributed by atoms with Crippen LogP contribution < -0.4 is 10.6 Å². The van der Waals surface area contributed by atoms with Crippen LogP contribution in [0.4, 0.5) is 5.82 Å². The van der Waals surface area contributed by atoms with Gasteiger partial charge in [0.05, 0.1) is 11.0 Å². The molecule has 1 saturated heterocycles. The highest BCUT2D eigenvalue weighted by molar-refractivity contribution is 6.32. The van der Waals surface area contributed by atoms with Gasteiger partial charge in [0.15, 0.2) is 11.0 Å². The summed E-state index contributed by atoms with van der Waals surface area (Å²) in [4.78, 5) is 11.0. The lowest BCUT2D eigenvalue weighted by Crippen LogP contribution is -2.27. The Morgan fingerprint density at radius 3 is 2.59 bits per heavy atom. The van der Waals surface area contributed by atoms with E-state index in [-0.39, 0.29) is 6.04 Å². The van der Waals surface area contributed by atoms with Gasteiger partial charge in [-0.25, -0.2) is 9.97 Å². The van der Waals surface area contributed by atoms with E-state index in [9.17, 15) is 0 Å². The average Bonchev–Trinajstić information content (AvgIpc) is 2.75. The number of halogens is 1. The highest BCUT2D eigenvalue weighted by Gasteiger charge is 2.23. The molecule has 0 aliphatic carbocycles. The molecular weight excluding hydrogens is 236 g/mol. The molecule has 1 aliphatic heterocycles. The van der Waals surface area contributed by atoms with E-state index in [1.54, 1.807) is 0 Å². The van der Waals surface area contributed by atoms with Crippen LogP contribution in [0.2, 0.25) is 5.15 Å². The number of nitrogens with two attached hydrogens (primary N) is 1. The van der Waals surface area contributed by atoms with Crippen molar-refractivity contribution >= 4 is 28.5 Å². The summed E-state index contributed by atoms with van der Waals surface area (Å²) in [5.41, 5.74) is 7.58. The van der Waals surface area contributed by atoms with Gasteiger partial charge in [0.1, 0.15) is 0 Å². The van der Waals surface area contributed by atoms with Crippen LogP contribution in [-0.4, -0.2) is 29.1 Å². The van der Waals surface area contributed by atoms with Crippen LogP contribution >= 0.6 is 11.6 Å². The Hall–Kier alpha value is -1.39. The summed E-state index contributed by atoms with van der Waals surface area (Å²) in [7, 11) is 0. The number of nitrogens with zero attached hydrogens (tertiary/aromatic N) is 3. The second kappa shape index (κ2) is 4.13. The molecule has 88 valence electrons. The number of aromatic nitrogens is 2. The Labute approximate surface area is 104 Å². The van der Waals surface area contributed by atoms with Crippen LogP contribution in [0, 0.1) is 0 Å². The molecule has 3 rings (SSSR count). The Bertz CT molecular complexity index is 557. The van der Waals surface area contributed by atoms with Crippen molar-refractivity contribution in [2.75, 3.05) is 18.0 Å². The zero-order valence-electron chi connectivity index (χ0n) is 9.31. The van der Waals surface area contributed by atoms with E-state index in [1.165, 1.54) is 0 Å². The summed E-state index contributed by atoms with van der Waals surface area (Å²) in [6, 6.07) is 7.94. The van der Waals surface area contributed by atoms with E-state index in [0.29, 0.717) is 5.15 Å². The molecule has 4 nitrogen and oxygen atoms in total. The van der Waals surface area contributed by atoms with Crippen molar-refractivity contribution in [3.63, 3.8) is 0 Å². The highest BCUT2D eigenvalue weighted by Crippen LogP contribution is 2.26. The molecule has 0 radical (unpaired) electrons. The van der Waals surface area contributed by atoms with Gasteiger partial charge >= 0.3 is 0 Å². The minimum atomic E-state index is 0.208. The summed E-state index contributed by atoms with van der Waals surface area (Å²) in [5.74, 6) is 0.748. The van der Waals surface area contributed by atoms with E-state index >= 15 is 0 Å². The zero-order valence-corrected chi connectivity index (χ0v) is 10.1. The Morgan fingerprint density at radius 1 is 1.24 bits per heavy atom. The number of benzene rings is 1. The van der Waals surface area contributed by atoms with Gasteiger partial charge in [-0.3, -0.25) is 0 Å². The molecule has 0 bridgehead atoms. The number of hydrogen-bond donors (Lipinski definition) is 1. The fraction of sp³-hybridized carbons (Fsp3) is 0.333. The molecule has 0 spiro atoms. The molecule has 1 fully saturated rings. The van der Waals surface area contributed by atoms with Gasteiger partial charge in [-0.1, -0.05) is 23.7 Å². The first kappa shape index (κ1) is 10.7. The van der Waals surface area contributed by atoms with Crippen LogP contribution in [0.15, 0.2) is 24.3 Å². The van der Waals surface area contributed by atoms with Crippen LogP contribution in [0.25, 0.3) is 11.0 Å². The van der Waals surface area contributed by atoms with E-state index in [0.717, 1.165) is 36.4 Å². The summed E-state index contributed by atoms with van der Waals surface area (Å²) in [6.45, 7) is 1.70. The molecule has 1 aliphatic rings. The predicted octanol–water partition coefficient (Wildman–Crippen LogP) is 1.82. The van der Waals surface area contributed by atoms with Gasteiger partial charge in [-0.15, -0.1) is 0 Å². The Morgan fingerprint density at radius 2 is 1.94 bits per heavy atom. The van der Waals surface area contributed by atoms with Gasteiger partial charge in [-0.2, -0.15) is 0 Å². The molecule has 1 aromatic carbocycles. The quantitative estimate of drug-likeness (QED) is 0.837. The van der Waals surface area contributed by atoms with Crippen LogP contribution in [-0.2, 0) is 0 Å². The standard InChI is InChI=1S/C12H13ClN4/c13-11-12(17-6-5-8(14)7-17)16-10-4-2-1-3-9(10)15-11/h1-4,8H,5-7,14H2. The number of rotatable bonds is 1. The van der Waals surface area contributed by atoms with Crippen LogP contribution in [0.5, 0.6) is 0 Å². The molecule has 1 aromatic heterocycles. The van der Waals surface area contributed by atoms with Crippen molar-refractivity contribution in [2.24, 2.45) is 5.73 Å². The second-order valence-corrected chi connectivity index (χ2v) is 4.68. The zero-order chi connectivity index (χ0) is 11.8. The molecule has 0 saturated carbocycles. The van der Waals surface area contributed by atoms with Crippen molar-refractivity contribution in [1.29, 1.82) is 0 Å². The lowest BCUT2D eigenvalue weighted by atomic mass is 10.3. The van der Waals surface area contributed by atoms with Gasteiger partial charge in [0, 0.05) is 19.1 Å². The molecular formula is C12H13ClN4. The lowest BCUT2D eigenvalue weighted by Gasteiger charge is -2.17. The molecule has 1 atom stereocenters. The topological polar surface area (TPSA) is 55.0 Å². The Balaban J connectivity index is 2.07. The third-order valence-electron chi connectivity index (χ3n) is 3.04. The highest BCUT2D eigenvalue weighted by atomic mass is 35.5. The summed E-state index contributed by atoms with van der Waals surface area (Å²) in [5, 5.41) is 0.456. The number of anilines is 1. The molecule has 17 heavy (non-hydrogen) atoms. The smallest absolute Gasteiger partial charge is 0.172 e. The van der Waals surface area contributed by atoms with Gasteiger partial charge in [0.2, 0.25) is 0 Å². The molecule has 1 unspecified atom stereocenters. The van der Waals surface area contributed by atoms with Crippen molar-refractivity contribution < 1.29 is 0 Å². The van der Waals surface area contributed by atoms with Crippen LogP contribution in [0.1, 0.15) is 6.42 Å². The van der Waals surface area contributed by atoms with Crippen molar-refractivity contribution in [2.45, 2.75) is 12.5 Å². The predicted molar refractivity (Wildman–Crippen MR) is 69.4 cm³/mol. The molecule has 0 amide bonds. The first-order valence-electron chi connectivity index (χ1n) is 5.67. The number of fused-ring (bicyclic) bond motifs is 1.